The maximum atomic E-state index is 12.1. The van der Waals surface area contributed by atoms with E-state index in [2.05, 4.69) is 10.4 Å². The molecule has 1 aliphatic rings. The standard InChI is InChI=1S/C12H17Cl2N3O/c1-2-17-11(14)9(13)10(16-17)12(18)15-8-6-4-3-5-7-8/h8H,2-7H2,1H3,(H,15,18). The van der Waals surface area contributed by atoms with Gasteiger partial charge in [0, 0.05) is 12.6 Å². The van der Waals surface area contributed by atoms with Crippen LogP contribution < -0.4 is 5.32 Å². The van der Waals surface area contributed by atoms with Crippen molar-refractivity contribution in [3.05, 3.63) is 15.9 Å². The van der Waals surface area contributed by atoms with Crippen molar-refractivity contribution in [3.63, 3.8) is 0 Å². The number of amides is 1. The zero-order valence-electron chi connectivity index (χ0n) is 10.4. The third-order valence-corrected chi connectivity index (χ3v) is 4.13. The van der Waals surface area contributed by atoms with Gasteiger partial charge in [-0.1, -0.05) is 42.5 Å². The summed E-state index contributed by atoms with van der Waals surface area (Å²) in [5, 5.41) is 7.69. The average Bonchev–Trinajstić information content (AvgIpc) is 2.67. The van der Waals surface area contributed by atoms with Gasteiger partial charge in [-0.25, -0.2) is 0 Å². The Bertz CT molecular complexity index is 439. The van der Waals surface area contributed by atoms with E-state index in [-0.39, 0.29) is 22.7 Å². The van der Waals surface area contributed by atoms with Crippen molar-refractivity contribution in [2.45, 2.75) is 51.6 Å². The minimum Gasteiger partial charge on any atom is -0.348 e. The molecule has 0 saturated heterocycles. The predicted octanol–water partition coefficient (Wildman–Crippen LogP) is 3.27. The van der Waals surface area contributed by atoms with Crippen molar-refractivity contribution in [3.8, 4) is 0 Å². The Kier molecular flexibility index (Phi) is 4.51. The van der Waals surface area contributed by atoms with Gasteiger partial charge in [0.05, 0.1) is 0 Å². The number of carbonyl (C=O) groups is 1. The molecule has 1 heterocycles. The summed E-state index contributed by atoms with van der Waals surface area (Å²) < 4.78 is 1.53. The Labute approximate surface area is 117 Å². The van der Waals surface area contributed by atoms with Crippen molar-refractivity contribution in [1.29, 1.82) is 0 Å². The minimum atomic E-state index is -0.221. The molecule has 0 aliphatic heterocycles. The molecule has 6 heteroatoms. The molecule has 100 valence electrons. The lowest BCUT2D eigenvalue weighted by Gasteiger charge is -2.22. The summed E-state index contributed by atoms with van der Waals surface area (Å²) in [5.74, 6) is -0.221. The first-order valence-electron chi connectivity index (χ1n) is 6.36. The lowest BCUT2D eigenvalue weighted by Crippen LogP contribution is -2.36. The summed E-state index contributed by atoms with van der Waals surface area (Å²) in [6, 6.07) is 0.243. The van der Waals surface area contributed by atoms with Gasteiger partial charge in [0.15, 0.2) is 5.69 Å². The number of aryl methyl sites for hydroxylation is 1. The fourth-order valence-corrected chi connectivity index (χ4v) is 2.74. The van der Waals surface area contributed by atoms with Crippen LogP contribution in [0.1, 0.15) is 49.5 Å². The topological polar surface area (TPSA) is 46.9 Å². The fraction of sp³-hybridized carbons (Fsp3) is 0.667. The molecule has 0 bridgehead atoms. The van der Waals surface area contributed by atoms with Crippen LogP contribution in [0, 0.1) is 0 Å². The normalized spacial score (nSPS) is 16.8. The quantitative estimate of drug-likeness (QED) is 0.928. The van der Waals surface area contributed by atoms with E-state index >= 15 is 0 Å². The molecule has 0 radical (unpaired) electrons. The van der Waals surface area contributed by atoms with Crippen molar-refractivity contribution in [1.82, 2.24) is 15.1 Å². The highest BCUT2D eigenvalue weighted by atomic mass is 35.5. The molecule has 0 aromatic carbocycles. The smallest absolute Gasteiger partial charge is 0.273 e. The number of aromatic nitrogens is 2. The van der Waals surface area contributed by atoms with Crippen molar-refractivity contribution in [2.75, 3.05) is 0 Å². The van der Waals surface area contributed by atoms with Gasteiger partial charge in [-0.05, 0) is 19.8 Å². The Morgan fingerprint density at radius 2 is 2.06 bits per heavy atom. The van der Waals surface area contributed by atoms with Crippen LogP contribution in [0.25, 0.3) is 0 Å². The highest BCUT2D eigenvalue weighted by Crippen LogP contribution is 2.26. The van der Waals surface area contributed by atoms with Crippen LogP contribution in [-0.4, -0.2) is 21.7 Å². The van der Waals surface area contributed by atoms with Gasteiger partial charge >= 0.3 is 0 Å². The third kappa shape index (κ3) is 2.81. The zero-order valence-corrected chi connectivity index (χ0v) is 11.9. The van der Waals surface area contributed by atoms with Crippen LogP contribution in [0.3, 0.4) is 0 Å². The molecule has 1 aliphatic carbocycles. The molecule has 1 N–H and O–H groups in total. The second-order valence-corrected chi connectivity index (χ2v) is 5.31. The molecule has 1 amide bonds. The zero-order chi connectivity index (χ0) is 13.1. The maximum Gasteiger partial charge on any atom is 0.273 e. The summed E-state index contributed by atoms with van der Waals surface area (Å²) >= 11 is 12.0. The molecular formula is C12H17Cl2N3O. The molecule has 2 rings (SSSR count). The van der Waals surface area contributed by atoms with Gasteiger partial charge in [0.1, 0.15) is 10.2 Å². The van der Waals surface area contributed by atoms with Gasteiger partial charge < -0.3 is 5.32 Å². The largest absolute Gasteiger partial charge is 0.348 e. The number of nitrogens with one attached hydrogen (secondary N) is 1. The van der Waals surface area contributed by atoms with E-state index in [9.17, 15) is 4.79 Å². The first kappa shape index (κ1) is 13.7. The van der Waals surface area contributed by atoms with Crippen LogP contribution in [0.2, 0.25) is 10.2 Å². The predicted molar refractivity (Wildman–Crippen MR) is 72.3 cm³/mol. The number of nitrogens with zero attached hydrogens (tertiary/aromatic N) is 2. The third-order valence-electron chi connectivity index (χ3n) is 3.29. The molecule has 1 fully saturated rings. The molecule has 0 unspecified atom stereocenters. The number of rotatable bonds is 3. The Morgan fingerprint density at radius 3 is 2.61 bits per heavy atom. The molecule has 1 saturated carbocycles. The minimum absolute atomic E-state index is 0.221. The lowest BCUT2D eigenvalue weighted by atomic mass is 9.95. The van der Waals surface area contributed by atoms with Gasteiger partial charge in [-0.15, -0.1) is 0 Å². The highest BCUT2D eigenvalue weighted by molar-refractivity contribution is 6.43. The van der Waals surface area contributed by atoms with Crippen LogP contribution in [0.15, 0.2) is 0 Å². The van der Waals surface area contributed by atoms with Gasteiger partial charge in [-0.2, -0.15) is 5.10 Å². The monoisotopic (exact) mass is 289 g/mol. The molecule has 4 nitrogen and oxygen atoms in total. The van der Waals surface area contributed by atoms with Crippen LogP contribution in [-0.2, 0) is 6.54 Å². The fourth-order valence-electron chi connectivity index (χ4n) is 2.27. The van der Waals surface area contributed by atoms with E-state index in [1.807, 2.05) is 6.92 Å². The SMILES string of the molecule is CCn1nc(C(=O)NC2CCCCC2)c(Cl)c1Cl. The molecule has 1 aromatic heterocycles. The summed E-state index contributed by atoms with van der Waals surface area (Å²) in [4.78, 5) is 12.1. The second kappa shape index (κ2) is 5.93. The van der Waals surface area contributed by atoms with Crippen LogP contribution in [0.5, 0.6) is 0 Å². The van der Waals surface area contributed by atoms with Gasteiger partial charge in [0.2, 0.25) is 0 Å². The van der Waals surface area contributed by atoms with Crippen molar-refractivity contribution in [2.24, 2.45) is 0 Å². The molecule has 18 heavy (non-hydrogen) atoms. The van der Waals surface area contributed by atoms with Crippen molar-refractivity contribution < 1.29 is 4.79 Å². The number of halogens is 2. The molecule has 0 spiro atoms. The first-order valence-corrected chi connectivity index (χ1v) is 7.11. The Balaban J connectivity index is 2.08. The van der Waals surface area contributed by atoms with E-state index in [1.54, 1.807) is 0 Å². The maximum absolute atomic E-state index is 12.1. The first-order chi connectivity index (χ1) is 8.63. The van der Waals surface area contributed by atoms with Gasteiger partial charge in [0.25, 0.3) is 5.91 Å². The van der Waals surface area contributed by atoms with E-state index in [4.69, 9.17) is 23.2 Å². The molecular weight excluding hydrogens is 273 g/mol. The van der Waals surface area contributed by atoms with E-state index < -0.39 is 0 Å². The van der Waals surface area contributed by atoms with Crippen LogP contribution in [0.4, 0.5) is 0 Å². The summed E-state index contributed by atoms with van der Waals surface area (Å²) in [6.45, 7) is 2.49. The summed E-state index contributed by atoms with van der Waals surface area (Å²) in [7, 11) is 0. The summed E-state index contributed by atoms with van der Waals surface area (Å²) in [6.07, 6.45) is 5.66. The second-order valence-electron chi connectivity index (χ2n) is 4.58. The highest BCUT2D eigenvalue weighted by Gasteiger charge is 2.23. The van der Waals surface area contributed by atoms with Crippen LogP contribution >= 0.6 is 23.2 Å². The number of hydrogen-bond acceptors (Lipinski definition) is 2. The van der Waals surface area contributed by atoms with E-state index in [0.717, 1.165) is 12.8 Å². The van der Waals surface area contributed by atoms with Gasteiger partial charge in [-0.3, -0.25) is 9.48 Å². The van der Waals surface area contributed by atoms with E-state index in [1.165, 1.54) is 23.9 Å². The lowest BCUT2D eigenvalue weighted by molar-refractivity contribution is 0.0922. The Morgan fingerprint density at radius 1 is 1.39 bits per heavy atom. The van der Waals surface area contributed by atoms with Crippen molar-refractivity contribution >= 4 is 29.1 Å². The Hall–Kier alpha value is -0.740. The average molecular weight is 290 g/mol. The summed E-state index contributed by atoms with van der Waals surface area (Å²) in [5.41, 5.74) is 0.231. The molecule has 0 atom stereocenters. The molecule has 1 aromatic rings. The van der Waals surface area contributed by atoms with E-state index in [0.29, 0.717) is 11.7 Å². The number of carbonyl (C=O) groups excluding carboxylic acids is 1. The number of hydrogen-bond donors (Lipinski definition) is 1.